The fourth-order valence-electron chi connectivity index (χ4n) is 6.03. The van der Waals surface area contributed by atoms with Gasteiger partial charge in [0.15, 0.2) is 5.65 Å². The van der Waals surface area contributed by atoms with Crippen LogP contribution < -0.4 is 4.74 Å². The molecule has 0 unspecified atom stereocenters. The molecular weight excluding hydrogens is 469 g/mol. The van der Waals surface area contributed by atoms with Crippen LogP contribution in [0.25, 0.3) is 5.65 Å². The van der Waals surface area contributed by atoms with Gasteiger partial charge in [0.05, 0.1) is 35.6 Å². The molecule has 2 aromatic heterocycles. The summed E-state index contributed by atoms with van der Waals surface area (Å²) in [6.45, 7) is 6.37. The zero-order valence-electron chi connectivity index (χ0n) is 20.0. The molecule has 0 N–H and O–H groups in total. The van der Waals surface area contributed by atoms with Crippen molar-refractivity contribution in [3.05, 3.63) is 58.3 Å². The minimum Gasteiger partial charge on any atom is -0.489 e. The highest BCUT2D eigenvalue weighted by atomic mass is 35.5. The summed E-state index contributed by atoms with van der Waals surface area (Å²) in [5, 5.41) is 5.04. The van der Waals surface area contributed by atoms with Crippen LogP contribution in [-0.2, 0) is 13.1 Å². The number of aromatic nitrogens is 3. The number of benzene rings is 1. The Bertz CT molecular complexity index is 1280. The molecule has 0 radical (unpaired) electrons. The minimum absolute atomic E-state index is 0.0156. The highest BCUT2D eigenvalue weighted by Gasteiger charge is 2.42. The molecule has 3 aliphatic heterocycles. The average Bonchev–Trinajstić information content (AvgIpc) is 3.42. The lowest BCUT2D eigenvalue weighted by Crippen LogP contribution is -2.47. The van der Waals surface area contributed by atoms with Crippen molar-refractivity contribution in [2.45, 2.75) is 70.8 Å². The molecule has 35 heavy (non-hydrogen) atoms. The van der Waals surface area contributed by atoms with E-state index in [4.69, 9.17) is 16.3 Å². The first-order chi connectivity index (χ1) is 16.9. The maximum absolute atomic E-state index is 14.2. The smallest absolute Gasteiger partial charge is 0.258 e. The van der Waals surface area contributed by atoms with E-state index in [1.807, 2.05) is 0 Å². The van der Waals surface area contributed by atoms with Gasteiger partial charge in [0.1, 0.15) is 17.7 Å². The Kier molecular flexibility index (Phi) is 5.68. The lowest BCUT2D eigenvalue weighted by Gasteiger charge is -2.40. The van der Waals surface area contributed by atoms with Gasteiger partial charge in [-0.25, -0.2) is 13.9 Å². The van der Waals surface area contributed by atoms with Crippen molar-refractivity contribution in [2.75, 3.05) is 6.54 Å². The van der Waals surface area contributed by atoms with E-state index in [0.717, 1.165) is 30.6 Å². The maximum Gasteiger partial charge on any atom is 0.258 e. The second-order valence-electron chi connectivity index (χ2n) is 10.5. The maximum atomic E-state index is 14.2. The van der Waals surface area contributed by atoms with Crippen LogP contribution in [0.4, 0.5) is 4.39 Å². The number of fused-ring (bicyclic) bond motifs is 5. The molecule has 5 heterocycles. The topological polar surface area (TPSA) is 63.0 Å². The van der Waals surface area contributed by atoms with Gasteiger partial charge in [-0.1, -0.05) is 25.4 Å². The predicted molar refractivity (Wildman–Crippen MR) is 130 cm³/mol. The Morgan fingerprint density at radius 3 is 2.74 bits per heavy atom. The summed E-state index contributed by atoms with van der Waals surface area (Å²) in [7, 11) is 0. The molecule has 2 fully saturated rings. The number of carbonyl (C=O) groups excluding carboxylic acids is 1. The van der Waals surface area contributed by atoms with E-state index in [-0.39, 0.29) is 12.0 Å². The van der Waals surface area contributed by atoms with E-state index < -0.39 is 5.82 Å². The van der Waals surface area contributed by atoms with Gasteiger partial charge in [-0.3, -0.25) is 9.69 Å². The van der Waals surface area contributed by atoms with Gasteiger partial charge in [0.2, 0.25) is 0 Å². The van der Waals surface area contributed by atoms with Crippen molar-refractivity contribution in [3.63, 3.8) is 0 Å². The fraction of sp³-hybridized carbons (Fsp3) is 0.500. The van der Waals surface area contributed by atoms with Crippen molar-refractivity contribution in [2.24, 2.45) is 5.92 Å². The number of piperidine rings is 1. The summed E-state index contributed by atoms with van der Waals surface area (Å²) in [5.74, 6) is 0.369. The van der Waals surface area contributed by atoms with Gasteiger partial charge < -0.3 is 9.64 Å². The molecule has 3 aromatic rings. The number of nitrogens with zero attached hydrogens (tertiary/aromatic N) is 5. The fourth-order valence-corrected chi connectivity index (χ4v) is 6.17. The highest BCUT2D eigenvalue weighted by molar-refractivity contribution is 6.30. The second-order valence-corrected chi connectivity index (χ2v) is 10.9. The van der Waals surface area contributed by atoms with Crippen LogP contribution >= 0.6 is 11.6 Å². The lowest BCUT2D eigenvalue weighted by atomic mass is 9.98. The van der Waals surface area contributed by atoms with Gasteiger partial charge in [-0.15, -0.1) is 0 Å². The van der Waals surface area contributed by atoms with Crippen LogP contribution in [0.2, 0.25) is 5.02 Å². The van der Waals surface area contributed by atoms with Crippen LogP contribution in [-0.4, -0.2) is 55.0 Å². The Hall–Kier alpha value is -2.71. The minimum atomic E-state index is -0.403. The van der Waals surface area contributed by atoms with Crippen LogP contribution in [0.1, 0.15) is 61.1 Å². The SMILES string of the molecule is CC(C)CN1[C@@H]2CC[C@H]1C[C@@H](Oc1cc(F)ccc1C(=O)N1Cc3nn4cc(Cl)cnc4c3C1)C2. The molecular formula is C26H29ClFN5O2. The second kappa shape index (κ2) is 8.75. The number of carbonyl (C=O) groups is 1. The molecule has 1 aromatic carbocycles. The average molecular weight is 498 g/mol. The van der Waals surface area contributed by atoms with Gasteiger partial charge in [-0.05, 0) is 43.7 Å². The molecule has 184 valence electrons. The monoisotopic (exact) mass is 497 g/mol. The molecule has 2 bridgehead atoms. The van der Waals surface area contributed by atoms with Crippen molar-refractivity contribution >= 4 is 23.2 Å². The van der Waals surface area contributed by atoms with Crippen LogP contribution in [0.3, 0.4) is 0 Å². The van der Waals surface area contributed by atoms with Crippen LogP contribution in [0.5, 0.6) is 5.75 Å². The normalized spacial score (nSPS) is 23.9. The Labute approximate surface area is 208 Å². The number of amides is 1. The molecule has 3 atom stereocenters. The van der Waals surface area contributed by atoms with Crippen molar-refractivity contribution < 1.29 is 13.9 Å². The first kappa shape index (κ1) is 22.7. The third kappa shape index (κ3) is 4.16. The number of halogens is 2. The summed E-state index contributed by atoms with van der Waals surface area (Å²) in [5.41, 5.74) is 2.79. The van der Waals surface area contributed by atoms with Gasteiger partial charge in [0.25, 0.3) is 5.91 Å². The van der Waals surface area contributed by atoms with Crippen LogP contribution in [0.15, 0.2) is 30.6 Å². The molecule has 7 nitrogen and oxygen atoms in total. The lowest BCUT2D eigenvalue weighted by molar-refractivity contribution is 0.0413. The largest absolute Gasteiger partial charge is 0.489 e. The van der Waals surface area contributed by atoms with Gasteiger partial charge >= 0.3 is 0 Å². The molecule has 9 heteroatoms. The van der Waals surface area contributed by atoms with Crippen molar-refractivity contribution in [3.8, 4) is 5.75 Å². The summed E-state index contributed by atoms with van der Waals surface area (Å²) in [6, 6.07) is 5.22. The zero-order valence-corrected chi connectivity index (χ0v) is 20.7. The van der Waals surface area contributed by atoms with Crippen LogP contribution in [0, 0.1) is 11.7 Å². The quantitative estimate of drug-likeness (QED) is 0.511. The predicted octanol–water partition coefficient (Wildman–Crippen LogP) is 4.71. The molecule has 1 amide bonds. The Morgan fingerprint density at radius 1 is 1.23 bits per heavy atom. The molecule has 0 spiro atoms. The molecule has 3 aliphatic rings. The highest BCUT2D eigenvalue weighted by Crippen LogP contribution is 2.39. The first-order valence-corrected chi connectivity index (χ1v) is 12.8. The molecule has 0 saturated carbocycles. The number of rotatable bonds is 5. The van der Waals surface area contributed by atoms with E-state index in [2.05, 4.69) is 28.8 Å². The summed E-state index contributed by atoms with van der Waals surface area (Å²) >= 11 is 6.03. The Morgan fingerprint density at radius 2 is 2.00 bits per heavy atom. The van der Waals surface area contributed by atoms with Crippen molar-refractivity contribution in [1.29, 1.82) is 0 Å². The van der Waals surface area contributed by atoms with Gasteiger partial charge in [0, 0.05) is 36.5 Å². The Balaban J connectivity index is 1.20. The molecule has 6 rings (SSSR count). The number of hydrogen-bond acceptors (Lipinski definition) is 5. The molecule has 2 saturated heterocycles. The van der Waals surface area contributed by atoms with E-state index in [1.165, 1.54) is 31.0 Å². The summed E-state index contributed by atoms with van der Waals surface area (Å²) in [4.78, 5) is 22.2. The number of ether oxygens (including phenoxy) is 1. The van der Waals surface area contributed by atoms with E-state index >= 15 is 0 Å². The first-order valence-electron chi connectivity index (χ1n) is 12.4. The van der Waals surface area contributed by atoms with E-state index in [0.29, 0.717) is 53.1 Å². The third-order valence-electron chi connectivity index (χ3n) is 7.48. The zero-order chi connectivity index (χ0) is 24.3. The summed E-state index contributed by atoms with van der Waals surface area (Å²) < 4.78 is 22.3. The van der Waals surface area contributed by atoms with E-state index in [1.54, 1.807) is 21.8 Å². The van der Waals surface area contributed by atoms with Gasteiger partial charge in [-0.2, -0.15) is 5.10 Å². The molecule has 0 aliphatic carbocycles. The number of hydrogen-bond donors (Lipinski definition) is 0. The third-order valence-corrected chi connectivity index (χ3v) is 7.68. The standard InChI is InChI=1S/C26H29ClFN5O2/c1-15(2)11-32-18-4-5-19(32)9-20(8-18)35-24-7-17(28)3-6-21(24)26(34)31-13-22-23(14-31)30-33-12-16(27)10-29-25(22)33/h3,6-7,10,12,15,18-20H,4-5,8-9,11,13-14H2,1-2H3/t18-,19+,20+. The van der Waals surface area contributed by atoms with Crippen molar-refractivity contribution in [1.82, 2.24) is 24.4 Å². The van der Waals surface area contributed by atoms with E-state index in [9.17, 15) is 9.18 Å². The summed E-state index contributed by atoms with van der Waals surface area (Å²) in [6.07, 6.45) is 7.45.